The van der Waals surface area contributed by atoms with Crippen LogP contribution in [0, 0.1) is 0 Å². The molecule has 2 atom stereocenters. The maximum Gasteiger partial charge on any atom is 0.228 e. The number of para-hydroxylation sites is 1. The molecule has 2 aliphatic rings. The van der Waals surface area contributed by atoms with E-state index < -0.39 is 0 Å². The average Bonchev–Trinajstić information content (AvgIpc) is 3.03. The first kappa shape index (κ1) is 15.3. The lowest BCUT2D eigenvalue weighted by Gasteiger charge is -2.24. The standard InChI is InChI=1S/C16H19N3O2.ClH/c20-16(19-8-7-11-5-6-12(10-19)17-11)9-14-13-3-1-2-4-15(13)21-18-14;/h1-4,11-12,17H,5-10H2;1H. The van der Waals surface area contributed by atoms with Crippen LogP contribution >= 0.6 is 12.4 Å². The van der Waals surface area contributed by atoms with Crippen LogP contribution in [0.2, 0.25) is 0 Å². The van der Waals surface area contributed by atoms with E-state index >= 15 is 0 Å². The number of fused-ring (bicyclic) bond motifs is 3. The third-order valence-electron chi connectivity index (χ3n) is 4.65. The number of carbonyl (C=O) groups is 1. The fourth-order valence-electron chi connectivity index (χ4n) is 3.49. The average molecular weight is 322 g/mol. The Bertz CT molecular complexity index is 672. The Morgan fingerprint density at radius 3 is 3.00 bits per heavy atom. The minimum absolute atomic E-state index is 0. The number of likely N-dealkylation sites (tertiary alicyclic amines) is 1. The van der Waals surface area contributed by atoms with Crippen LogP contribution in [0.4, 0.5) is 0 Å². The van der Waals surface area contributed by atoms with Crippen LogP contribution in [-0.4, -0.2) is 41.1 Å². The van der Waals surface area contributed by atoms with Crippen molar-refractivity contribution >= 4 is 29.3 Å². The fraction of sp³-hybridized carbons (Fsp3) is 0.500. The van der Waals surface area contributed by atoms with E-state index in [4.69, 9.17) is 4.52 Å². The number of hydrogen-bond acceptors (Lipinski definition) is 4. The first-order valence-corrected chi connectivity index (χ1v) is 7.67. The molecular formula is C16H20ClN3O2. The lowest BCUT2D eigenvalue weighted by atomic mass is 10.1. The Balaban J connectivity index is 0.00000144. The molecule has 1 amide bonds. The van der Waals surface area contributed by atoms with E-state index in [1.807, 2.05) is 29.2 Å². The van der Waals surface area contributed by atoms with Crippen molar-refractivity contribution in [2.75, 3.05) is 13.1 Å². The first-order valence-electron chi connectivity index (χ1n) is 7.67. The van der Waals surface area contributed by atoms with Crippen LogP contribution < -0.4 is 5.32 Å². The highest BCUT2D eigenvalue weighted by molar-refractivity contribution is 5.86. The Hall–Kier alpha value is -1.59. The third kappa shape index (κ3) is 2.83. The molecule has 2 aromatic rings. The molecule has 4 rings (SSSR count). The number of nitrogens with one attached hydrogen (secondary N) is 1. The van der Waals surface area contributed by atoms with Gasteiger partial charge in [-0.15, -0.1) is 12.4 Å². The number of rotatable bonds is 2. The zero-order valence-corrected chi connectivity index (χ0v) is 13.1. The lowest BCUT2D eigenvalue weighted by molar-refractivity contribution is -0.130. The summed E-state index contributed by atoms with van der Waals surface area (Å²) in [6.07, 6.45) is 3.82. The van der Waals surface area contributed by atoms with Crippen LogP contribution in [0.15, 0.2) is 28.8 Å². The summed E-state index contributed by atoms with van der Waals surface area (Å²) in [6, 6.07) is 8.76. The van der Waals surface area contributed by atoms with E-state index in [9.17, 15) is 4.79 Å². The minimum Gasteiger partial charge on any atom is -0.356 e. The van der Waals surface area contributed by atoms with Gasteiger partial charge in [-0.1, -0.05) is 17.3 Å². The van der Waals surface area contributed by atoms with Crippen LogP contribution in [0.3, 0.4) is 0 Å². The van der Waals surface area contributed by atoms with Crippen molar-refractivity contribution in [2.45, 2.75) is 37.8 Å². The second-order valence-electron chi connectivity index (χ2n) is 6.07. The van der Waals surface area contributed by atoms with Gasteiger partial charge in [0.1, 0.15) is 5.69 Å². The molecule has 2 saturated heterocycles. The normalized spacial score (nSPS) is 24.1. The van der Waals surface area contributed by atoms with Gasteiger partial charge >= 0.3 is 0 Å². The number of hydrogen-bond donors (Lipinski definition) is 1. The van der Waals surface area contributed by atoms with Crippen molar-refractivity contribution in [3.63, 3.8) is 0 Å². The molecule has 2 unspecified atom stereocenters. The summed E-state index contributed by atoms with van der Waals surface area (Å²) in [5.74, 6) is 0.156. The summed E-state index contributed by atoms with van der Waals surface area (Å²) in [4.78, 5) is 14.5. The molecule has 118 valence electrons. The molecule has 0 spiro atoms. The molecule has 2 bridgehead atoms. The van der Waals surface area contributed by atoms with Gasteiger partial charge in [-0.3, -0.25) is 4.79 Å². The van der Waals surface area contributed by atoms with E-state index in [1.165, 1.54) is 12.8 Å². The number of amides is 1. The van der Waals surface area contributed by atoms with Gasteiger partial charge in [-0.2, -0.15) is 0 Å². The van der Waals surface area contributed by atoms with E-state index in [2.05, 4.69) is 10.5 Å². The second kappa shape index (κ2) is 6.26. The van der Waals surface area contributed by atoms with Crippen molar-refractivity contribution in [3.05, 3.63) is 30.0 Å². The Labute approximate surface area is 135 Å². The van der Waals surface area contributed by atoms with Crippen molar-refractivity contribution in [2.24, 2.45) is 0 Å². The zero-order valence-electron chi connectivity index (χ0n) is 12.3. The van der Waals surface area contributed by atoms with E-state index in [-0.39, 0.29) is 18.3 Å². The molecule has 22 heavy (non-hydrogen) atoms. The Kier molecular flexibility index (Phi) is 4.36. The topological polar surface area (TPSA) is 58.4 Å². The van der Waals surface area contributed by atoms with E-state index in [0.29, 0.717) is 18.5 Å². The third-order valence-corrected chi connectivity index (χ3v) is 4.65. The van der Waals surface area contributed by atoms with Crippen LogP contribution in [-0.2, 0) is 11.2 Å². The number of nitrogens with zero attached hydrogens (tertiary/aromatic N) is 2. The number of carbonyl (C=O) groups excluding carboxylic acids is 1. The molecule has 1 aromatic carbocycles. The van der Waals surface area contributed by atoms with Gasteiger partial charge in [-0.05, 0) is 31.4 Å². The molecule has 1 N–H and O–H groups in total. The van der Waals surface area contributed by atoms with Crippen molar-refractivity contribution in [3.8, 4) is 0 Å². The highest BCUT2D eigenvalue weighted by Crippen LogP contribution is 2.22. The SMILES string of the molecule is Cl.O=C(Cc1noc2ccccc12)N1CCC2CCC(C1)N2. The summed E-state index contributed by atoms with van der Waals surface area (Å²) in [5.41, 5.74) is 1.50. The lowest BCUT2D eigenvalue weighted by Crippen LogP contribution is -2.39. The Morgan fingerprint density at radius 2 is 2.09 bits per heavy atom. The second-order valence-corrected chi connectivity index (χ2v) is 6.07. The van der Waals surface area contributed by atoms with Crippen LogP contribution in [0.25, 0.3) is 11.0 Å². The molecule has 0 aliphatic carbocycles. The van der Waals surface area contributed by atoms with Crippen LogP contribution in [0.5, 0.6) is 0 Å². The summed E-state index contributed by atoms with van der Waals surface area (Å²) < 4.78 is 5.28. The molecule has 5 nitrogen and oxygen atoms in total. The fourth-order valence-corrected chi connectivity index (χ4v) is 3.49. The number of aromatic nitrogens is 1. The molecular weight excluding hydrogens is 302 g/mol. The first-order chi connectivity index (χ1) is 10.3. The van der Waals surface area contributed by atoms with Gasteiger partial charge in [0, 0.05) is 30.6 Å². The van der Waals surface area contributed by atoms with Gasteiger partial charge in [-0.25, -0.2) is 0 Å². The summed E-state index contributed by atoms with van der Waals surface area (Å²) >= 11 is 0. The molecule has 3 heterocycles. The molecule has 1 aromatic heterocycles. The van der Waals surface area contributed by atoms with Gasteiger partial charge < -0.3 is 14.7 Å². The van der Waals surface area contributed by atoms with Gasteiger partial charge in [0.2, 0.25) is 5.91 Å². The van der Waals surface area contributed by atoms with Crippen LogP contribution in [0.1, 0.15) is 25.0 Å². The van der Waals surface area contributed by atoms with Crippen molar-refractivity contribution in [1.82, 2.24) is 15.4 Å². The molecule has 0 radical (unpaired) electrons. The molecule has 6 heteroatoms. The zero-order chi connectivity index (χ0) is 14.2. The predicted octanol–water partition coefficient (Wildman–Crippen LogP) is 2.15. The highest BCUT2D eigenvalue weighted by Gasteiger charge is 2.31. The largest absolute Gasteiger partial charge is 0.356 e. The molecule has 2 aliphatic heterocycles. The van der Waals surface area contributed by atoms with E-state index in [1.54, 1.807) is 0 Å². The van der Waals surface area contributed by atoms with Gasteiger partial charge in [0.15, 0.2) is 5.58 Å². The van der Waals surface area contributed by atoms with E-state index in [0.717, 1.165) is 36.2 Å². The maximum absolute atomic E-state index is 12.6. The smallest absolute Gasteiger partial charge is 0.228 e. The molecule has 0 saturated carbocycles. The number of halogens is 1. The maximum atomic E-state index is 12.6. The highest BCUT2D eigenvalue weighted by atomic mass is 35.5. The van der Waals surface area contributed by atoms with Gasteiger partial charge in [0.05, 0.1) is 6.42 Å². The Morgan fingerprint density at radius 1 is 1.27 bits per heavy atom. The monoisotopic (exact) mass is 321 g/mol. The number of benzene rings is 1. The quantitative estimate of drug-likeness (QED) is 0.920. The summed E-state index contributed by atoms with van der Waals surface area (Å²) in [5, 5.41) is 8.61. The van der Waals surface area contributed by atoms with Gasteiger partial charge in [0.25, 0.3) is 0 Å². The summed E-state index contributed by atoms with van der Waals surface area (Å²) in [7, 11) is 0. The molecule has 2 fully saturated rings. The summed E-state index contributed by atoms with van der Waals surface area (Å²) in [6.45, 7) is 1.67. The predicted molar refractivity (Wildman–Crippen MR) is 86.1 cm³/mol. The minimum atomic E-state index is 0. The van der Waals surface area contributed by atoms with Crippen molar-refractivity contribution in [1.29, 1.82) is 0 Å². The van der Waals surface area contributed by atoms with Crippen molar-refractivity contribution < 1.29 is 9.32 Å².